The molecule has 5 N–H and O–H groups in total. The summed E-state index contributed by atoms with van der Waals surface area (Å²) < 4.78 is 7.29. The molecule has 1 unspecified atom stereocenters. The predicted octanol–water partition coefficient (Wildman–Crippen LogP) is 2.87. The molecule has 0 aliphatic heterocycles. The number of benzene rings is 2. The molecule has 1 atom stereocenters. The van der Waals surface area contributed by atoms with Gasteiger partial charge in [-0.25, -0.2) is 4.98 Å². The Morgan fingerprint density at radius 3 is 2.66 bits per heavy atom. The van der Waals surface area contributed by atoms with Crippen LogP contribution in [0.4, 0.5) is 17.5 Å². The minimum absolute atomic E-state index is 0.334. The molecule has 2 heterocycles. The minimum Gasteiger partial charge on any atom is -0.495 e. The van der Waals surface area contributed by atoms with Crippen molar-refractivity contribution in [3.8, 4) is 5.75 Å². The fourth-order valence-corrected chi connectivity index (χ4v) is 3.38. The number of para-hydroxylation sites is 1. The SMILES string of the molecule is COc1cccc(CNc2nc(NCC(C)O)nc3c2ncn3Cc2ccccc2)c1N. The molecular formula is C23H27N7O2. The van der Waals surface area contributed by atoms with Gasteiger partial charge in [0.25, 0.3) is 0 Å². The molecule has 0 spiro atoms. The molecule has 9 nitrogen and oxygen atoms in total. The summed E-state index contributed by atoms with van der Waals surface area (Å²) in [5, 5.41) is 16.1. The van der Waals surface area contributed by atoms with E-state index in [0.29, 0.717) is 54.0 Å². The summed E-state index contributed by atoms with van der Waals surface area (Å²) in [4.78, 5) is 13.8. The van der Waals surface area contributed by atoms with E-state index >= 15 is 0 Å². The number of nitrogens with two attached hydrogens (primary N) is 1. The molecule has 32 heavy (non-hydrogen) atoms. The maximum Gasteiger partial charge on any atom is 0.226 e. The Bertz CT molecular complexity index is 1190. The number of fused-ring (bicyclic) bond motifs is 1. The van der Waals surface area contributed by atoms with Crippen LogP contribution in [0.25, 0.3) is 11.2 Å². The summed E-state index contributed by atoms with van der Waals surface area (Å²) in [5.74, 6) is 1.62. The average molecular weight is 434 g/mol. The summed E-state index contributed by atoms with van der Waals surface area (Å²) in [7, 11) is 1.59. The van der Waals surface area contributed by atoms with Gasteiger partial charge in [0.1, 0.15) is 5.75 Å². The third-order valence-corrected chi connectivity index (χ3v) is 5.04. The van der Waals surface area contributed by atoms with Crippen molar-refractivity contribution in [3.05, 3.63) is 66.0 Å². The van der Waals surface area contributed by atoms with Gasteiger partial charge in [-0.3, -0.25) is 0 Å². The largest absolute Gasteiger partial charge is 0.495 e. The number of hydrogen-bond donors (Lipinski definition) is 4. The Kier molecular flexibility index (Phi) is 6.37. The number of aliphatic hydroxyl groups is 1. The van der Waals surface area contributed by atoms with Crippen LogP contribution in [0.15, 0.2) is 54.9 Å². The average Bonchev–Trinajstić information content (AvgIpc) is 3.20. The number of aromatic nitrogens is 4. The van der Waals surface area contributed by atoms with E-state index in [-0.39, 0.29) is 0 Å². The first kappa shape index (κ1) is 21.4. The highest BCUT2D eigenvalue weighted by atomic mass is 16.5. The fraction of sp³-hybridized carbons (Fsp3) is 0.261. The molecule has 0 amide bonds. The standard InChI is InChI=1S/C23H27N7O2/c1-15(31)11-26-23-28-21(25-12-17-9-6-10-18(32-2)19(17)24)20-22(29-23)30(14-27-20)13-16-7-4-3-5-8-16/h3-10,14-15,31H,11-13,24H2,1-2H3,(H2,25,26,28,29). The number of imidazole rings is 1. The lowest BCUT2D eigenvalue weighted by molar-refractivity contribution is 0.208. The van der Waals surface area contributed by atoms with Crippen molar-refractivity contribution in [2.45, 2.75) is 26.1 Å². The maximum atomic E-state index is 9.66. The number of ether oxygens (including phenoxy) is 1. The van der Waals surface area contributed by atoms with Gasteiger partial charge < -0.3 is 30.8 Å². The van der Waals surface area contributed by atoms with E-state index in [4.69, 9.17) is 10.5 Å². The van der Waals surface area contributed by atoms with Crippen molar-refractivity contribution in [1.82, 2.24) is 19.5 Å². The summed E-state index contributed by atoms with van der Waals surface area (Å²) >= 11 is 0. The van der Waals surface area contributed by atoms with Gasteiger partial charge in [-0.1, -0.05) is 42.5 Å². The lowest BCUT2D eigenvalue weighted by atomic mass is 10.1. The highest BCUT2D eigenvalue weighted by molar-refractivity contribution is 5.84. The monoisotopic (exact) mass is 433 g/mol. The van der Waals surface area contributed by atoms with E-state index in [1.807, 2.05) is 41.0 Å². The lowest BCUT2D eigenvalue weighted by Gasteiger charge is -2.13. The molecule has 0 radical (unpaired) electrons. The second-order valence-corrected chi connectivity index (χ2v) is 7.54. The molecule has 2 aromatic heterocycles. The first-order valence-corrected chi connectivity index (χ1v) is 10.4. The van der Waals surface area contributed by atoms with Gasteiger partial charge in [-0.2, -0.15) is 9.97 Å². The molecule has 9 heteroatoms. The highest BCUT2D eigenvalue weighted by Gasteiger charge is 2.15. The normalized spacial score (nSPS) is 12.0. The van der Waals surface area contributed by atoms with Crippen molar-refractivity contribution in [3.63, 3.8) is 0 Å². The van der Waals surface area contributed by atoms with Gasteiger partial charge >= 0.3 is 0 Å². The first-order chi connectivity index (χ1) is 15.5. The van der Waals surface area contributed by atoms with Crippen LogP contribution < -0.4 is 21.1 Å². The summed E-state index contributed by atoms with van der Waals surface area (Å²) in [6.07, 6.45) is 1.23. The molecular weight excluding hydrogens is 406 g/mol. The number of anilines is 3. The molecule has 2 aromatic carbocycles. The van der Waals surface area contributed by atoms with E-state index < -0.39 is 6.10 Å². The molecule has 0 saturated carbocycles. The Morgan fingerprint density at radius 1 is 1.09 bits per heavy atom. The van der Waals surface area contributed by atoms with Crippen LogP contribution in [-0.2, 0) is 13.1 Å². The van der Waals surface area contributed by atoms with Crippen molar-refractivity contribution < 1.29 is 9.84 Å². The quantitative estimate of drug-likeness (QED) is 0.297. The maximum absolute atomic E-state index is 9.66. The van der Waals surface area contributed by atoms with Crippen molar-refractivity contribution in [1.29, 1.82) is 0 Å². The number of methoxy groups -OCH3 is 1. The Balaban J connectivity index is 1.67. The zero-order valence-corrected chi connectivity index (χ0v) is 18.1. The summed E-state index contributed by atoms with van der Waals surface area (Å²) in [5.41, 5.74) is 10.2. The van der Waals surface area contributed by atoms with Gasteiger partial charge in [-0.05, 0) is 24.1 Å². The van der Waals surface area contributed by atoms with Crippen molar-refractivity contribution in [2.75, 3.05) is 30.0 Å². The van der Waals surface area contributed by atoms with E-state index in [0.717, 1.165) is 11.1 Å². The number of nitrogens with zero attached hydrogens (tertiary/aromatic N) is 4. The van der Waals surface area contributed by atoms with Gasteiger partial charge in [0.2, 0.25) is 5.95 Å². The third kappa shape index (κ3) is 4.73. The number of rotatable bonds is 9. The molecule has 4 aromatic rings. The smallest absolute Gasteiger partial charge is 0.226 e. The highest BCUT2D eigenvalue weighted by Crippen LogP contribution is 2.27. The molecule has 4 rings (SSSR count). The molecule has 0 aliphatic carbocycles. The second-order valence-electron chi connectivity index (χ2n) is 7.54. The Hall–Kier alpha value is -3.85. The number of nitrogen functional groups attached to an aromatic ring is 1. The van der Waals surface area contributed by atoms with E-state index in [9.17, 15) is 5.11 Å². The van der Waals surface area contributed by atoms with E-state index in [2.05, 4.69) is 37.7 Å². The molecule has 0 saturated heterocycles. The topological polar surface area (TPSA) is 123 Å². The van der Waals surface area contributed by atoms with Crippen LogP contribution >= 0.6 is 0 Å². The fourth-order valence-electron chi connectivity index (χ4n) is 3.38. The van der Waals surface area contributed by atoms with Crippen LogP contribution in [0, 0.1) is 0 Å². The molecule has 0 aliphatic rings. The van der Waals surface area contributed by atoms with Crippen molar-refractivity contribution in [2.24, 2.45) is 0 Å². The molecule has 0 fully saturated rings. The lowest BCUT2D eigenvalue weighted by Crippen LogP contribution is -2.18. The molecule has 0 bridgehead atoms. The minimum atomic E-state index is -0.531. The second kappa shape index (κ2) is 9.52. The van der Waals surface area contributed by atoms with Gasteiger partial charge in [-0.15, -0.1) is 0 Å². The van der Waals surface area contributed by atoms with Crippen LogP contribution in [0.2, 0.25) is 0 Å². The van der Waals surface area contributed by atoms with Crippen molar-refractivity contribution >= 4 is 28.6 Å². The van der Waals surface area contributed by atoms with E-state index in [1.54, 1.807) is 20.4 Å². The molecule has 166 valence electrons. The zero-order chi connectivity index (χ0) is 22.5. The predicted molar refractivity (Wildman–Crippen MR) is 126 cm³/mol. The number of aliphatic hydroxyl groups excluding tert-OH is 1. The van der Waals surface area contributed by atoms with Crippen LogP contribution in [-0.4, -0.2) is 44.4 Å². The first-order valence-electron chi connectivity index (χ1n) is 10.4. The summed E-state index contributed by atoms with van der Waals surface area (Å²) in [6, 6.07) is 15.8. The van der Waals surface area contributed by atoms with Gasteiger partial charge in [0.05, 0.1) is 31.8 Å². The van der Waals surface area contributed by atoms with E-state index in [1.165, 1.54) is 0 Å². The summed E-state index contributed by atoms with van der Waals surface area (Å²) in [6.45, 7) is 3.11. The Labute approximate surface area is 186 Å². The Morgan fingerprint density at radius 2 is 1.91 bits per heavy atom. The number of nitrogens with one attached hydrogen (secondary N) is 2. The zero-order valence-electron chi connectivity index (χ0n) is 18.1. The van der Waals surface area contributed by atoms with Gasteiger partial charge in [0.15, 0.2) is 17.0 Å². The van der Waals surface area contributed by atoms with Crippen LogP contribution in [0.3, 0.4) is 0 Å². The number of hydrogen-bond acceptors (Lipinski definition) is 8. The van der Waals surface area contributed by atoms with Crippen LogP contribution in [0.1, 0.15) is 18.1 Å². The van der Waals surface area contributed by atoms with Gasteiger partial charge in [0, 0.05) is 13.1 Å². The third-order valence-electron chi connectivity index (χ3n) is 5.04. The van der Waals surface area contributed by atoms with Crippen LogP contribution in [0.5, 0.6) is 5.75 Å².